The number of rotatable bonds is 9. The zero-order chi connectivity index (χ0) is 12.9. The van der Waals surface area contributed by atoms with Gasteiger partial charge in [-0.15, -0.1) is 0 Å². The van der Waals surface area contributed by atoms with E-state index in [1.807, 2.05) is 6.08 Å². The molecule has 0 saturated carbocycles. The summed E-state index contributed by atoms with van der Waals surface area (Å²) in [6.07, 6.45) is 13.7. The molecule has 0 aromatic heterocycles. The van der Waals surface area contributed by atoms with Crippen LogP contribution < -0.4 is 0 Å². The molecule has 0 aliphatic heterocycles. The molecule has 0 rings (SSSR count). The molecule has 0 amide bonds. The standard InChI is InChI=1S/C14H24O3/c1-3-4-5-6-7-8-9-10-11-12-14(16)17-13(2)15/h10-12,16H,3-9H2,1-2H3/b11-10+,14-12+. The van der Waals surface area contributed by atoms with E-state index in [2.05, 4.69) is 11.7 Å². The van der Waals surface area contributed by atoms with Crippen LogP contribution in [0.25, 0.3) is 0 Å². The maximum absolute atomic E-state index is 10.5. The molecule has 0 radical (unpaired) electrons. The maximum atomic E-state index is 10.5. The summed E-state index contributed by atoms with van der Waals surface area (Å²) in [6, 6.07) is 0. The molecule has 0 aromatic rings. The predicted octanol–water partition coefficient (Wildman–Crippen LogP) is 4.26. The van der Waals surface area contributed by atoms with Gasteiger partial charge in [0, 0.05) is 13.0 Å². The zero-order valence-corrected chi connectivity index (χ0v) is 10.9. The van der Waals surface area contributed by atoms with Gasteiger partial charge >= 0.3 is 5.97 Å². The van der Waals surface area contributed by atoms with Crippen molar-refractivity contribution >= 4 is 5.97 Å². The fourth-order valence-corrected chi connectivity index (χ4v) is 1.47. The Morgan fingerprint density at radius 3 is 2.47 bits per heavy atom. The van der Waals surface area contributed by atoms with Gasteiger partial charge in [-0.1, -0.05) is 51.2 Å². The van der Waals surface area contributed by atoms with E-state index < -0.39 is 5.97 Å². The molecule has 0 saturated heterocycles. The van der Waals surface area contributed by atoms with Crippen molar-refractivity contribution < 1.29 is 14.6 Å². The number of hydrogen-bond acceptors (Lipinski definition) is 3. The van der Waals surface area contributed by atoms with E-state index in [1.54, 1.807) is 6.08 Å². The van der Waals surface area contributed by atoms with E-state index in [4.69, 9.17) is 5.11 Å². The maximum Gasteiger partial charge on any atom is 0.310 e. The Hall–Kier alpha value is -1.25. The van der Waals surface area contributed by atoms with Crippen molar-refractivity contribution in [2.45, 2.75) is 58.8 Å². The monoisotopic (exact) mass is 240 g/mol. The second-order valence-corrected chi connectivity index (χ2v) is 4.08. The van der Waals surface area contributed by atoms with E-state index in [-0.39, 0.29) is 5.95 Å². The lowest BCUT2D eigenvalue weighted by atomic mass is 10.1. The molecule has 0 aliphatic rings. The van der Waals surface area contributed by atoms with Gasteiger partial charge in [0.1, 0.15) is 0 Å². The Morgan fingerprint density at radius 1 is 1.18 bits per heavy atom. The largest absolute Gasteiger partial charge is 0.481 e. The first kappa shape index (κ1) is 15.8. The number of aliphatic hydroxyl groups is 1. The van der Waals surface area contributed by atoms with Gasteiger partial charge in [-0.25, -0.2) is 0 Å². The molecule has 0 unspecified atom stereocenters. The fourth-order valence-electron chi connectivity index (χ4n) is 1.47. The third-order valence-electron chi connectivity index (χ3n) is 2.35. The van der Waals surface area contributed by atoms with Crippen LogP contribution in [0, 0.1) is 0 Å². The topological polar surface area (TPSA) is 46.5 Å². The number of unbranched alkanes of at least 4 members (excludes halogenated alkanes) is 6. The minimum Gasteiger partial charge on any atom is -0.481 e. The third-order valence-corrected chi connectivity index (χ3v) is 2.35. The normalized spacial score (nSPS) is 12.0. The van der Waals surface area contributed by atoms with Crippen LogP contribution >= 0.6 is 0 Å². The summed E-state index contributed by atoms with van der Waals surface area (Å²) in [5.41, 5.74) is 0. The molecule has 0 spiro atoms. The molecule has 0 atom stereocenters. The Kier molecular flexibility index (Phi) is 10.4. The highest BCUT2D eigenvalue weighted by molar-refractivity contribution is 5.66. The highest BCUT2D eigenvalue weighted by atomic mass is 16.6. The summed E-state index contributed by atoms with van der Waals surface area (Å²) in [6.45, 7) is 3.47. The average molecular weight is 240 g/mol. The quantitative estimate of drug-likeness (QED) is 0.283. The molecule has 0 bridgehead atoms. The molecule has 17 heavy (non-hydrogen) atoms. The van der Waals surface area contributed by atoms with Gasteiger partial charge in [-0.3, -0.25) is 4.79 Å². The van der Waals surface area contributed by atoms with Crippen LogP contribution in [0.1, 0.15) is 58.8 Å². The lowest BCUT2D eigenvalue weighted by Crippen LogP contribution is -1.96. The van der Waals surface area contributed by atoms with Crippen LogP contribution in [-0.4, -0.2) is 11.1 Å². The molecule has 0 aliphatic carbocycles. The van der Waals surface area contributed by atoms with E-state index in [0.717, 1.165) is 6.42 Å². The third kappa shape index (κ3) is 12.7. The first-order chi connectivity index (χ1) is 8.16. The van der Waals surface area contributed by atoms with Crippen molar-refractivity contribution in [2.24, 2.45) is 0 Å². The first-order valence-corrected chi connectivity index (χ1v) is 6.41. The highest BCUT2D eigenvalue weighted by Crippen LogP contribution is 2.07. The molecule has 3 heteroatoms. The van der Waals surface area contributed by atoms with Crippen molar-refractivity contribution in [1.82, 2.24) is 0 Å². The number of carbonyl (C=O) groups excluding carboxylic acids is 1. The van der Waals surface area contributed by atoms with Gasteiger partial charge in [0.05, 0.1) is 0 Å². The Labute approximate surface area is 104 Å². The molecule has 3 nitrogen and oxygen atoms in total. The number of allylic oxidation sites excluding steroid dienone is 3. The van der Waals surface area contributed by atoms with Gasteiger partial charge in [0.15, 0.2) is 0 Å². The van der Waals surface area contributed by atoms with E-state index in [1.165, 1.54) is 51.5 Å². The van der Waals surface area contributed by atoms with Gasteiger partial charge in [0.2, 0.25) is 0 Å². The fraction of sp³-hybridized carbons (Fsp3) is 0.643. The second-order valence-electron chi connectivity index (χ2n) is 4.08. The number of carbonyl (C=O) groups is 1. The summed E-state index contributed by atoms with van der Waals surface area (Å²) < 4.78 is 4.45. The van der Waals surface area contributed by atoms with E-state index in [0.29, 0.717) is 0 Å². The summed E-state index contributed by atoms with van der Waals surface area (Å²) in [5.74, 6) is -0.861. The van der Waals surface area contributed by atoms with Crippen LogP contribution in [0.2, 0.25) is 0 Å². The van der Waals surface area contributed by atoms with Crippen LogP contribution in [0.15, 0.2) is 24.2 Å². The van der Waals surface area contributed by atoms with Gasteiger partial charge in [-0.05, 0) is 12.8 Å². The Balaban J connectivity index is 3.44. The molecular formula is C14H24O3. The molecule has 1 N–H and O–H groups in total. The minimum absolute atomic E-state index is 0.350. The van der Waals surface area contributed by atoms with Crippen LogP contribution in [0.5, 0.6) is 0 Å². The number of ether oxygens (including phenoxy) is 1. The van der Waals surface area contributed by atoms with Gasteiger partial charge in [0.25, 0.3) is 5.95 Å². The SMILES string of the molecule is CCCCCCCC/C=C/C=C(\O)OC(C)=O. The van der Waals surface area contributed by atoms with Crippen molar-refractivity contribution in [3.05, 3.63) is 24.2 Å². The van der Waals surface area contributed by atoms with Crippen molar-refractivity contribution in [3.63, 3.8) is 0 Å². The Morgan fingerprint density at radius 2 is 1.82 bits per heavy atom. The minimum atomic E-state index is -0.511. The van der Waals surface area contributed by atoms with Crippen molar-refractivity contribution in [3.8, 4) is 0 Å². The molecule has 0 fully saturated rings. The molecule has 98 valence electrons. The lowest BCUT2D eigenvalue weighted by Gasteiger charge is -1.97. The van der Waals surface area contributed by atoms with Crippen LogP contribution in [0.4, 0.5) is 0 Å². The second kappa shape index (κ2) is 11.2. The lowest BCUT2D eigenvalue weighted by molar-refractivity contribution is -0.140. The summed E-state index contributed by atoms with van der Waals surface area (Å²) in [4.78, 5) is 10.5. The molecule has 0 aromatic carbocycles. The van der Waals surface area contributed by atoms with Gasteiger partial charge in [-0.2, -0.15) is 0 Å². The van der Waals surface area contributed by atoms with Crippen LogP contribution in [0.3, 0.4) is 0 Å². The smallest absolute Gasteiger partial charge is 0.310 e. The summed E-state index contributed by atoms with van der Waals surface area (Å²) >= 11 is 0. The number of hydrogen-bond donors (Lipinski definition) is 1. The average Bonchev–Trinajstić information content (AvgIpc) is 2.26. The van der Waals surface area contributed by atoms with Gasteiger partial charge < -0.3 is 9.84 Å². The number of aliphatic hydroxyl groups excluding tert-OH is 1. The molecular weight excluding hydrogens is 216 g/mol. The van der Waals surface area contributed by atoms with E-state index in [9.17, 15) is 4.79 Å². The summed E-state index contributed by atoms with van der Waals surface area (Å²) in [5, 5.41) is 9.09. The molecule has 0 heterocycles. The van der Waals surface area contributed by atoms with Crippen LogP contribution in [-0.2, 0) is 9.53 Å². The predicted molar refractivity (Wildman–Crippen MR) is 69.6 cm³/mol. The van der Waals surface area contributed by atoms with E-state index >= 15 is 0 Å². The zero-order valence-electron chi connectivity index (χ0n) is 10.9. The Bertz CT molecular complexity index is 254. The highest BCUT2D eigenvalue weighted by Gasteiger charge is 1.94. The first-order valence-electron chi connectivity index (χ1n) is 6.41. The van der Waals surface area contributed by atoms with Crippen molar-refractivity contribution in [1.29, 1.82) is 0 Å². The number of esters is 1. The summed E-state index contributed by atoms with van der Waals surface area (Å²) in [7, 11) is 0. The van der Waals surface area contributed by atoms with Crippen molar-refractivity contribution in [2.75, 3.05) is 0 Å².